The van der Waals surface area contributed by atoms with Crippen LogP contribution in [0.4, 0.5) is 5.82 Å². The number of rotatable bonds is 3. The van der Waals surface area contributed by atoms with Gasteiger partial charge in [-0.2, -0.15) is 0 Å². The second-order valence-corrected chi connectivity index (χ2v) is 6.63. The van der Waals surface area contributed by atoms with Crippen LogP contribution in [-0.4, -0.2) is 16.5 Å². The molecule has 5 heteroatoms. The molecule has 0 spiro atoms. The first-order valence-electron chi connectivity index (χ1n) is 6.90. The van der Waals surface area contributed by atoms with Crippen LogP contribution in [0.25, 0.3) is 11.4 Å². The molecule has 0 aliphatic rings. The van der Waals surface area contributed by atoms with Gasteiger partial charge in [-0.25, -0.2) is 9.97 Å². The summed E-state index contributed by atoms with van der Waals surface area (Å²) >= 11 is 12.4. The quantitative estimate of drug-likeness (QED) is 0.845. The van der Waals surface area contributed by atoms with Crippen LogP contribution in [0.5, 0.6) is 0 Å². The van der Waals surface area contributed by atoms with Crippen molar-refractivity contribution in [2.75, 3.05) is 11.9 Å². The highest BCUT2D eigenvalue weighted by atomic mass is 35.5. The summed E-state index contributed by atoms with van der Waals surface area (Å²) in [6.07, 6.45) is 0. The number of aromatic nitrogens is 2. The Morgan fingerprint density at radius 3 is 2.48 bits per heavy atom. The van der Waals surface area contributed by atoms with Crippen molar-refractivity contribution in [1.29, 1.82) is 0 Å². The molecule has 1 aromatic carbocycles. The van der Waals surface area contributed by atoms with E-state index in [4.69, 9.17) is 23.2 Å². The van der Waals surface area contributed by atoms with Gasteiger partial charge >= 0.3 is 0 Å². The van der Waals surface area contributed by atoms with Gasteiger partial charge in [-0.3, -0.25) is 0 Å². The molecule has 0 atom stereocenters. The number of benzene rings is 1. The standard InChI is InChI=1S/C16H19Cl2N3/c1-5-19-13-9-12(16(2,3)4)20-15(21-13)10-7-6-8-11(17)14(10)18/h6-9H,5H2,1-4H3,(H,19,20,21). The molecule has 21 heavy (non-hydrogen) atoms. The summed E-state index contributed by atoms with van der Waals surface area (Å²) < 4.78 is 0. The van der Waals surface area contributed by atoms with Gasteiger partial charge in [-0.15, -0.1) is 0 Å². The van der Waals surface area contributed by atoms with Crippen LogP contribution < -0.4 is 5.32 Å². The fourth-order valence-corrected chi connectivity index (χ4v) is 2.29. The third-order valence-corrected chi connectivity index (χ3v) is 3.86. The van der Waals surface area contributed by atoms with E-state index < -0.39 is 0 Å². The Hall–Kier alpha value is -1.32. The Bertz CT molecular complexity index is 648. The summed E-state index contributed by atoms with van der Waals surface area (Å²) in [5.74, 6) is 1.38. The topological polar surface area (TPSA) is 37.8 Å². The van der Waals surface area contributed by atoms with Crippen molar-refractivity contribution in [3.8, 4) is 11.4 Å². The highest BCUT2D eigenvalue weighted by molar-refractivity contribution is 6.43. The van der Waals surface area contributed by atoms with Crippen LogP contribution in [0.1, 0.15) is 33.4 Å². The molecule has 0 fully saturated rings. The van der Waals surface area contributed by atoms with Crippen LogP contribution in [-0.2, 0) is 5.41 Å². The van der Waals surface area contributed by atoms with Crippen molar-refractivity contribution in [1.82, 2.24) is 9.97 Å². The molecule has 0 unspecified atom stereocenters. The van der Waals surface area contributed by atoms with Gasteiger partial charge in [0.15, 0.2) is 5.82 Å². The van der Waals surface area contributed by atoms with Gasteiger partial charge in [0, 0.05) is 23.6 Å². The second kappa shape index (κ2) is 6.20. The molecule has 0 bridgehead atoms. The summed E-state index contributed by atoms with van der Waals surface area (Å²) in [5, 5.41) is 4.22. The van der Waals surface area contributed by atoms with Gasteiger partial charge in [-0.1, -0.05) is 50.0 Å². The maximum Gasteiger partial charge on any atom is 0.163 e. The Morgan fingerprint density at radius 2 is 1.86 bits per heavy atom. The van der Waals surface area contributed by atoms with Crippen molar-refractivity contribution in [3.05, 3.63) is 40.0 Å². The highest BCUT2D eigenvalue weighted by Crippen LogP contribution is 2.33. The zero-order valence-corrected chi connectivity index (χ0v) is 14.2. The summed E-state index contributed by atoms with van der Waals surface area (Å²) in [6.45, 7) is 9.19. The fraction of sp³-hybridized carbons (Fsp3) is 0.375. The number of nitrogens with zero attached hydrogens (tertiary/aromatic N) is 2. The molecule has 0 saturated heterocycles. The highest BCUT2D eigenvalue weighted by Gasteiger charge is 2.19. The predicted octanol–water partition coefficient (Wildman–Crippen LogP) is 5.18. The number of nitrogens with one attached hydrogen (secondary N) is 1. The first-order valence-corrected chi connectivity index (χ1v) is 7.66. The fourth-order valence-electron chi connectivity index (χ4n) is 1.90. The molecular formula is C16H19Cl2N3. The molecule has 2 aromatic rings. The maximum absolute atomic E-state index is 6.29. The third kappa shape index (κ3) is 3.66. The van der Waals surface area contributed by atoms with E-state index >= 15 is 0 Å². The lowest BCUT2D eigenvalue weighted by molar-refractivity contribution is 0.568. The van der Waals surface area contributed by atoms with Gasteiger partial charge < -0.3 is 5.32 Å². The minimum atomic E-state index is -0.0765. The Morgan fingerprint density at radius 1 is 1.14 bits per heavy atom. The Kier molecular flexibility index (Phi) is 4.74. The lowest BCUT2D eigenvalue weighted by atomic mass is 9.91. The van der Waals surface area contributed by atoms with Crippen molar-refractivity contribution < 1.29 is 0 Å². The molecule has 0 amide bonds. The number of anilines is 1. The molecule has 0 aliphatic carbocycles. The van der Waals surface area contributed by atoms with Gasteiger partial charge in [0.2, 0.25) is 0 Å². The van der Waals surface area contributed by atoms with E-state index in [1.54, 1.807) is 6.07 Å². The number of hydrogen-bond donors (Lipinski definition) is 1. The van der Waals surface area contributed by atoms with Crippen LogP contribution in [0.15, 0.2) is 24.3 Å². The summed E-state index contributed by atoms with van der Waals surface area (Å²) in [5.41, 5.74) is 1.63. The van der Waals surface area contributed by atoms with E-state index in [1.807, 2.05) is 25.1 Å². The number of halogens is 2. The summed E-state index contributed by atoms with van der Waals surface area (Å²) in [4.78, 5) is 9.21. The van der Waals surface area contributed by atoms with E-state index in [-0.39, 0.29) is 5.41 Å². The van der Waals surface area contributed by atoms with E-state index in [0.29, 0.717) is 15.9 Å². The smallest absolute Gasteiger partial charge is 0.163 e. The molecule has 0 saturated carbocycles. The maximum atomic E-state index is 6.29. The monoisotopic (exact) mass is 323 g/mol. The van der Waals surface area contributed by atoms with Crippen LogP contribution in [0, 0.1) is 0 Å². The zero-order chi connectivity index (χ0) is 15.6. The van der Waals surface area contributed by atoms with Crippen LogP contribution >= 0.6 is 23.2 Å². The van der Waals surface area contributed by atoms with Crippen LogP contribution in [0.2, 0.25) is 10.0 Å². The molecule has 2 rings (SSSR count). The van der Waals surface area contributed by atoms with Gasteiger partial charge in [-0.05, 0) is 19.1 Å². The zero-order valence-electron chi connectivity index (χ0n) is 12.7. The molecule has 0 aliphatic heterocycles. The first kappa shape index (κ1) is 16.1. The minimum Gasteiger partial charge on any atom is -0.370 e. The lowest BCUT2D eigenvalue weighted by Crippen LogP contribution is -2.16. The second-order valence-electron chi connectivity index (χ2n) is 5.84. The van der Waals surface area contributed by atoms with Gasteiger partial charge in [0.25, 0.3) is 0 Å². The van der Waals surface area contributed by atoms with E-state index in [2.05, 4.69) is 36.1 Å². The Labute approximate surface area is 135 Å². The largest absolute Gasteiger partial charge is 0.370 e. The molecule has 112 valence electrons. The van der Waals surface area contributed by atoms with Crippen molar-refractivity contribution >= 4 is 29.0 Å². The van der Waals surface area contributed by atoms with Gasteiger partial charge in [0.1, 0.15) is 5.82 Å². The number of hydrogen-bond acceptors (Lipinski definition) is 3. The predicted molar refractivity (Wildman–Crippen MR) is 90.4 cm³/mol. The van der Waals surface area contributed by atoms with Crippen molar-refractivity contribution in [2.45, 2.75) is 33.1 Å². The average molecular weight is 324 g/mol. The summed E-state index contributed by atoms with van der Waals surface area (Å²) in [6, 6.07) is 7.47. The molecule has 1 aromatic heterocycles. The third-order valence-electron chi connectivity index (χ3n) is 3.04. The molecule has 3 nitrogen and oxygen atoms in total. The van der Waals surface area contributed by atoms with E-state index in [9.17, 15) is 0 Å². The normalized spacial score (nSPS) is 11.5. The van der Waals surface area contributed by atoms with Crippen molar-refractivity contribution in [3.63, 3.8) is 0 Å². The van der Waals surface area contributed by atoms with Gasteiger partial charge in [0.05, 0.1) is 15.7 Å². The average Bonchev–Trinajstić information content (AvgIpc) is 2.41. The minimum absolute atomic E-state index is 0.0765. The SMILES string of the molecule is CCNc1cc(C(C)(C)C)nc(-c2cccc(Cl)c2Cl)n1. The molecular weight excluding hydrogens is 305 g/mol. The van der Waals surface area contributed by atoms with Crippen LogP contribution in [0.3, 0.4) is 0 Å². The molecule has 0 radical (unpaired) electrons. The molecule has 1 heterocycles. The lowest BCUT2D eigenvalue weighted by Gasteiger charge is -2.20. The van der Waals surface area contributed by atoms with E-state index in [0.717, 1.165) is 23.6 Å². The summed E-state index contributed by atoms with van der Waals surface area (Å²) in [7, 11) is 0. The Balaban J connectivity index is 2.62. The molecule has 1 N–H and O–H groups in total. The van der Waals surface area contributed by atoms with Crippen molar-refractivity contribution in [2.24, 2.45) is 0 Å². The first-order chi connectivity index (χ1) is 9.82. The van der Waals surface area contributed by atoms with E-state index in [1.165, 1.54) is 0 Å².